The van der Waals surface area contributed by atoms with Gasteiger partial charge >= 0.3 is 0 Å². The maximum absolute atomic E-state index is 13.7. The Morgan fingerprint density at radius 3 is 2.47 bits per heavy atom. The van der Waals surface area contributed by atoms with Crippen molar-refractivity contribution in [3.05, 3.63) is 34.4 Å². The van der Waals surface area contributed by atoms with Gasteiger partial charge in [0.25, 0.3) is 5.91 Å². The zero-order valence-electron chi connectivity index (χ0n) is 20.0. The average Bonchev–Trinajstić information content (AvgIpc) is 2.79. The second-order valence-electron chi connectivity index (χ2n) is 8.60. The van der Waals surface area contributed by atoms with Gasteiger partial charge in [0.05, 0.1) is 10.7 Å². The van der Waals surface area contributed by atoms with E-state index in [4.69, 9.17) is 17.3 Å². The van der Waals surface area contributed by atoms with Crippen LogP contribution in [0.1, 0.15) is 72.1 Å². The highest BCUT2D eigenvalue weighted by Crippen LogP contribution is 2.39. The van der Waals surface area contributed by atoms with Gasteiger partial charge in [-0.2, -0.15) is 0 Å². The standard InChI is InChI=1S/C25H39ClN3O2P/c1-5-7-8-11-16-29(25(31)21-13-10-9-12-20(21)24(27)30)19-14-15-22(26)23(17-19)28-18(3)32(4)6-2/h14-15,17-18,28H,5-13,16H2,1-4H3,(H2,27,30). The Hall–Kier alpha value is -1.58. The van der Waals surface area contributed by atoms with E-state index in [1.807, 2.05) is 23.1 Å². The molecule has 0 saturated heterocycles. The van der Waals surface area contributed by atoms with Crippen LogP contribution in [0, 0.1) is 0 Å². The smallest absolute Gasteiger partial charge is 0.254 e. The molecular weight excluding hydrogens is 441 g/mol. The van der Waals surface area contributed by atoms with Crippen LogP contribution in [0.4, 0.5) is 11.4 Å². The normalized spacial score (nSPS) is 15.9. The summed E-state index contributed by atoms with van der Waals surface area (Å²) in [4.78, 5) is 27.5. The molecule has 3 N–H and O–H groups in total. The molecule has 0 saturated carbocycles. The maximum atomic E-state index is 13.7. The fourth-order valence-corrected chi connectivity index (χ4v) is 5.10. The topological polar surface area (TPSA) is 75.4 Å². The Labute approximate surface area is 199 Å². The van der Waals surface area contributed by atoms with Gasteiger partial charge < -0.3 is 16.0 Å². The minimum Gasteiger partial charge on any atom is -0.378 e. The summed E-state index contributed by atoms with van der Waals surface area (Å²) in [5, 5.41) is 4.20. The lowest BCUT2D eigenvalue weighted by Gasteiger charge is -2.28. The number of hydrogen-bond donors (Lipinski definition) is 2. The number of nitrogens with one attached hydrogen (secondary N) is 1. The third-order valence-electron chi connectivity index (χ3n) is 6.29. The molecule has 178 valence electrons. The summed E-state index contributed by atoms with van der Waals surface area (Å²) >= 11 is 6.50. The van der Waals surface area contributed by atoms with Crippen LogP contribution in [0.2, 0.25) is 5.02 Å². The molecular formula is C25H39ClN3O2P. The van der Waals surface area contributed by atoms with Crippen molar-refractivity contribution in [2.75, 3.05) is 29.6 Å². The van der Waals surface area contributed by atoms with E-state index in [9.17, 15) is 9.59 Å². The summed E-state index contributed by atoms with van der Waals surface area (Å²) in [6, 6.07) is 5.73. The van der Waals surface area contributed by atoms with E-state index in [1.165, 1.54) is 0 Å². The first kappa shape index (κ1) is 26.7. The summed E-state index contributed by atoms with van der Waals surface area (Å²) in [5.74, 6) is -0.247. The van der Waals surface area contributed by atoms with Gasteiger partial charge in [-0.05, 0) is 70.1 Å². The van der Waals surface area contributed by atoms with Gasteiger partial charge in [-0.1, -0.05) is 52.6 Å². The third kappa shape index (κ3) is 7.22. The molecule has 1 aliphatic carbocycles. The van der Waals surface area contributed by atoms with Crippen molar-refractivity contribution in [3.63, 3.8) is 0 Å². The fourth-order valence-electron chi connectivity index (χ4n) is 4.02. The van der Waals surface area contributed by atoms with Crippen molar-refractivity contribution >= 4 is 42.7 Å². The monoisotopic (exact) mass is 479 g/mol. The van der Waals surface area contributed by atoms with E-state index >= 15 is 0 Å². The second-order valence-corrected chi connectivity index (χ2v) is 11.9. The summed E-state index contributed by atoms with van der Waals surface area (Å²) in [7, 11) is -0.159. The van der Waals surface area contributed by atoms with Gasteiger partial charge in [0.15, 0.2) is 0 Å². The van der Waals surface area contributed by atoms with Crippen LogP contribution in [-0.4, -0.2) is 37.0 Å². The van der Waals surface area contributed by atoms with Gasteiger partial charge in [0.1, 0.15) is 0 Å². The van der Waals surface area contributed by atoms with Crippen LogP contribution in [0.25, 0.3) is 0 Å². The quantitative estimate of drug-likeness (QED) is 0.265. The highest BCUT2D eigenvalue weighted by atomic mass is 35.5. The van der Waals surface area contributed by atoms with Gasteiger partial charge in [0, 0.05) is 29.2 Å². The zero-order valence-corrected chi connectivity index (χ0v) is 21.7. The number of halogens is 1. The van der Waals surface area contributed by atoms with E-state index < -0.39 is 5.91 Å². The van der Waals surface area contributed by atoms with Crippen molar-refractivity contribution in [2.45, 2.75) is 77.9 Å². The van der Waals surface area contributed by atoms with Crippen molar-refractivity contribution in [2.24, 2.45) is 5.73 Å². The maximum Gasteiger partial charge on any atom is 0.254 e. The number of amides is 2. The number of benzene rings is 1. The molecule has 1 aromatic carbocycles. The summed E-state index contributed by atoms with van der Waals surface area (Å²) in [5.41, 5.74) is 8.36. The summed E-state index contributed by atoms with van der Waals surface area (Å²) in [6.45, 7) is 9.44. The van der Waals surface area contributed by atoms with Gasteiger partial charge in [-0.15, -0.1) is 0 Å². The minimum atomic E-state index is -0.470. The fraction of sp³-hybridized carbons (Fsp3) is 0.600. The lowest BCUT2D eigenvalue weighted by molar-refractivity contribution is -0.117. The summed E-state index contributed by atoms with van der Waals surface area (Å²) < 4.78 is 0. The van der Waals surface area contributed by atoms with E-state index in [-0.39, 0.29) is 13.8 Å². The molecule has 2 unspecified atom stereocenters. The van der Waals surface area contributed by atoms with Crippen molar-refractivity contribution in [3.8, 4) is 0 Å². The molecule has 0 bridgehead atoms. The highest BCUT2D eigenvalue weighted by molar-refractivity contribution is 7.57. The van der Waals surface area contributed by atoms with Crippen molar-refractivity contribution in [1.29, 1.82) is 0 Å². The number of nitrogens with zero attached hydrogens (tertiary/aromatic N) is 1. The molecule has 1 aromatic rings. The Morgan fingerprint density at radius 2 is 1.84 bits per heavy atom. The van der Waals surface area contributed by atoms with Crippen LogP contribution in [-0.2, 0) is 9.59 Å². The third-order valence-corrected chi connectivity index (χ3v) is 9.07. The first-order valence-corrected chi connectivity index (χ1v) is 14.3. The number of rotatable bonds is 12. The first-order chi connectivity index (χ1) is 15.3. The molecule has 0 fully saturated rings. The Kier molecular flexibility index (Phi) is 11.0. The van der Waals surface area contributed by atoms with Crippen molar-refractivity contribution < 1.29 is 9.59 Å². The van der Waals surface area contributed by atoms with Gasteiger partial charge in [0.2, 0.25) is 5.91 Å². The van der Waals surface area contributed by atoms with Gasteiger partial charge in [-0.3, -0.25) is 9.59 Å². The average molecular weight is 480 g/mol. The Morgan fingerprint density at radius 1 is 1.16 bits per heavy atom. The SMILES string of the molecule is CCCCCCN(C(=O)C1=C(C(N)=O)CCCC1)c1ccc(Cl)c(NC(C)P(C)CC)c1. The van der Waals surface area contributed by atoms with Crippen LogP contribution in [0.5, 0.6) is 0 Å². The molecule has 2 atom stereocenters. The predicted molar refractivity (Wildman–Crippen MR) is 139 cm³/mol. The zero-order chi connectivity index (χ0) is 23.7. The Balaban J connectivity index is 2.38. The molecule has 0 radical (unpaired) electrons. The number of hydrogen-bond acceptors (Lipinski definition) is 3. The molecule has 1 aliphatic rings. The molecule has 2 amide bonds. The highest BCUT2D eigenvalue weighted by Gasteiger charge is 2.27. The van der Waals surface area contributed by atoms with E-state index in [1.54, 1.807) is 0 Å². The molecule has 2 rings (SSSR count). The van der Waals surface area contributed by atoms with Crippen molar-refractivity contribution in [1.82, 2.24) is 0 Å². The minimum absolute atomic E-state index is 0.0948. The molecule has 0 aliphatic heterocycles. The Bertz CT molecular complexity index is 827. The molecule has 0 aromatic heterocycles. The summed E-state index contributed by atoms with van der Waals surface area (Å²) in [6.07, 6.45) is 8.38. The predicted octanol–water partition coefficient (Wildman–Crippen LogP) is 6.50. The van der Waals surface area contributed by atoms with Crippen LogP contribution in [0.15, 0.2) is 29.3 Å². The molecule has 7 heteroatoms. The number of anilines is 2. The van der Waals surface area contributed by atoms with E-state index in [2.05, 4.69) is 32.8 Å². The van der Waals surface area contributed by atoms with Crippen LogP contribution in [0.3, 0.4) is 0 Å². The lowest BCUT2D eigenvalue weighted by atomic mass is 9.90. The molecule has 5 nitrogen and oxygen atoms in total. The number of nitrogens with two attached hydrogens (primary N) is 1. The number of primary amides is 1. The van der Waals surface area contributed by atoms with Crippen LogP contribution < -0.4 is 16.0 Å². The first-order valence-electron chi connectivity index (χ1n) is 11.9. The number of unbranched alkanes of at least 4 members (excludes halogenated alkanes) is 3. The molecule has 0 heterocycles. The lowest BCUT2D eigenvalue weighted by Crippen LogP contribution is -2.35. The second kappa shape index (κ2) is 13.2. The van der Waals surface area contributed by atoms with E-state index in [0.29, 0.717) is 41.3 Å². The number of carbonyl (C=O) groups excluding carboxylic acids is 2. The van der Waals surface area contributed by atoms with Crippen LogP contribution >= 0.6 is 19.5 Å². The number of carbonyl (C=O) groups is 2. The molecule has 32 heavy (non-hydrogen) atoms. The van der Waals surface area contributed by atoms with Gasteiger partial charge in [-0.25, -0.2) is 0 Å². The molecule has 0 spiro atoms. The largest absolute Gasteiger partial charge is 0.378 e. The van der Waals surface area contributed by atoms with E-state index in [0.717, 1.165) is 56.1 Å².